The summed E-state index contributed by atoms with van der Waals surface area (Å²) < 4.78 is 5.84. The van der Waals surface area contributed by atoms with E-state index >= 15 is 0 Å². The second kappa shape index (κ2) is 9.73. The van der Waals surface area contributed by atoms with E-state index in [0.717, 1.165) is 5.56 Å². The Bertz CT molecular complexity index is 904. The molecule has 0 bridgehead atoms. The highest BCUT2D eigenvalue weighted by Gasteiger charge is 2.14. The number of nitrogens with one attached hydrogen (secondary N) is 1. The van der Waals surface area contributed by atoms with E-state index in [0.29, 0.717) is 14.9 Å². The predicted molar refractivity (Wildman–Crippen MR) is 109 cm³/mol. The second-order valence-electron chi connectivity index (χ2n) is 5.65. The number of rotatable bonds is 7. The van der Waals surface area contributed by atoms with Crippen LogP contribution in [0.2, 0.25) is 0 Å². The summed E-state index contributed by atoms with van der Waals surface area (Å²) in [5.41, 5.74) is 1.56. The van der Waals surface area contributed by atoms with Gasteiger partial charge in [0.25, 0.3) is 5.91 Å². The van der Waals surface area contributed by atoms with E-state index in [1.54, 1.807) is 18.2 Å². The molecule has 2 aromatic rings. The summed E-state index contributed by atoms with van der Waals surface area (Å²) in [6, 6.07) is 16.1. The van der Waals surface area contributed by atoms with Crippen LogP contribution < -0.4 is 10.1 Å². The summed E-state index contributed by atoms with van der Waals surface area (Å²) in [7, 11) is 0. The lowest BCUT2D eigenvalue weighted by Crippen LogP contribution is -2.27. The first-order valence-corrected chi connectivity index (χ1v) is 9.10. The third-order valence-electron chi connectivity index (χ3n) is 3.63. The minimum atomic E-state index is -1.06. The van der Waals surface area contributed by atoms with Crippen LogP contribution in [0.1, 0.15) is 24.1 Å². The Morgan fingerprint density at radius 2 is 2.00 bits per heavy atom. The summed E-state index contributed by atoms with van der Waals surface area (Å²) in [4.78, 5) is 23.0. The Balaban J connectivity index is 2.13. The predicted octanol–water partition coefficient (Wildman–Crippen LogP) is 3.54. The van der Waals surface area contributed by atoms with Gasteiger partial charge in [0.05, 0.1) is 9.61 Å². The minimum Gasteiger partial charge on any atom is -0.481 e. The van der Waals surface area contributed by atoms with Crippen LogP contribution in [0.3, 0.4) is 0 Å². The van der Waals surface area contributed by atoms with Crippen LogP contribution in [0.25, 0.3) is 6.08 Å². The number of benzene rings is 2. The molecule has 2 aromatic carbocycles. The van der Waals surface area contributed by atoms with E-state index in [2.05, 4.69) is 5.32 Å². The van der Waals surface area contributed by atoms with Gasteiger partial charge in [-0.3, -0.25) is 4.79 Å². The second-order valence-corrected chi connectivity index (χ2v) is 6.81. The average molecular weight is 476 g/mol. The highest BCUT2D eigenvalue weighted by Crippen LogP contribution is 2.23. The van der Waals surface area contributed by atoms with Crippen molar-refractivity contribution in [2.24, 2.45) is 0 Å². The van der Waals surface area contributed by atoms with Gasteiger partial charge in [-0.25, -0.2) is 4.79 Å². The van der Waals surface area contributed by atoms with Crippen molar-refractivity contribution in [2.75, 3.05) is 6.61 Å². The summed E-state index contributed by atoms with van der Waals surface area (Å²) >= 11 is 2.01. The Hall–Kier alpha value is -2.86. The van der Waals surface area contributed by atoms with Crippen molar-refractivity contribution >= 4 is 40.5 Å². The number of nitrogens with zero attached hydrogens (tertiary/aromatic N) is 1. The zero-order valence-electron chi connectivity index (χ0n) is 14.5. The van der Waals surface area contributed by atoms with Gasteiger partial charge in [0, 0.05) is 0 Å². The van der Waals surface area contributed by atoms with Crippen molar-refractivity contribution in [1.29, 1.82) is 5.26 Å². The number of nitriles is 1. The lowest BCUT2D eigenvalue weighted by atomic mass is 10.1. The van der Waals surface area contributed by atoms with Gasteiger partial charge in [0.15, 0.2) is 6.61 Å². The molecule has 0 heterocycles. The molecule has 0 aliphatic heterocycles. The number of amides is 1. The maximum Gasteiger partial charge on any atom is 0.341 e. The minimum absolute atomic E-state index is 0.0206. The third-order valence-corrected chi connectivity index (χ3v) is 4.47. The molecule has 0 aliphatic carbocycles. The van der Waals surface area contributed by atoms with E-state index in [4.69, 9.17) is 9.84 Å². The van der Waals surface area contributed by atoms with Crippen molar-refractivity contribution in [3.05, 3.63) is 68.8 Å². The Labute approximate surface area is 170 Å². The highest BCUT2D eigenvalue weighted by atomic mass is 127. The monoisotopic (exact) mass is 476 g/mol. The first-order valence-electron chi connectivity index (χ1n) is 8.02. The largest absolute Gasteiger partial charge is 0.481 e. The number of carboxylic acid groups (broad SMARTS) is 1. The van der Waals surface area contributed by atoms with Crippen LogP contribution in [0.4, 0.5) is 0 Å². The van der Waals surface area contributed by atoms with Crippen LogP contribution in [0.15, 0.2) is 54.1 Å². The Morgan fingerprint density at radius 1 is 1.30 bits per heavy atom. The standard InChI is InChI=1S/C20H17IN2O4/c1-13(15-5-3-2-4-6-15)23-20(26)16(11-22)9-14-7-8-18(17(21)10-14)27-12-19(24)25/h2-10,13H,12H2,1H3,(H,23,26)(H,24,25)/b16-9-/t13-/m0/s1. The Kier molecular flexibility index (Phi) is 7.37. The quantitative estimate of drug-likeness (QED) is 0.362. The maximum absolute atomic E-state index is 12.4. The fourth-order valence-corrected chi connectivity index (χ4v) is 2.97. The number of hydrogen-bond acceptors (Lipinski definition) is 4. The molecule has 0 radical (unpaired) electrons. The van der Waals surface area contributed by atoms with E-state index in [1.807, 2.05) is 65.9 Å². The number of aliphatic carboxylic acids is 1. The van der Waals surface area contributed by atoms with Gasteiger partial charge in [-0.2, -0.15) is 5.26 Å². The van der Waals surface area contributed by atoms with Crippen molar-refractivity contribution in [3.63, 3.8) is 0 Å². The third kappa shape index (κ3) is 6.11. The van der Waals surface area contributed by atoms with E-state index in [1.165, 1.54) is 6.08 Å². The average Bonchev–Trinajstić information content (AvgIpc) is 2.65. The first-order chi connectivity index (χ1) is 12.9. The van der Waals surface area contributed by atoms with Crippen molar-refractivity contribution in [2.45, 2.75) is 13.0 Å². The van der Waals surface area contributed by atoms with Gasteiger partial charge >= 0.3 is 5.97 Å². The number of carbonyl (C=O) groups is 2. The zero-order chi connectivity index (χ0) is 19.8. The first kappa shape index (κ1) is 20.5. The molecule has 0 unspecified atom stereocenters. The van der Waals surface area contributed by atoms with E-state index < -0.39 is 18.5 Å². The van der Waals surface area contributed by atoms with Gasteiger partial charge < -0.3 is 15.2 Å². The van der Waals surface area contributed by atoms with Gasteiger partial charge in [-0.05, 0) is 58.9 Å². The lowest BCUT2D eigenvalue weighted by molar-refractivity contribution is -0.139. The van der Waals surface area contributed by atoms with Crippen LogP contribution in [0, 0.1) is 14.9 Å². The van der Waals surface area contributed by atoms with Crippen LogP contribution in [-0.4, -0.2) is 23.6 Å². The molecule has 2 N–H and O–H groups in total. The highest BCUT2D eigenvalue weighted by molar-refractivity contribution is 14.1. The van der Waals surface area contributed by atoms with Crippen molar-refractivity contribution in [3.8, 4) is 11.8 Å². The molecule has 6 nitrogen and oxygen atoms in total. The number of ether oxygens (including phenoxy) is 1. The molecule has 0 spiro atoms. The van der Waals surface area contributed by atoms with Gasteiger partial charge in [-0.1, -0.05) is 36.4 Å². The van der Waals surface area contributed by atoms with Gasteiger partial charge in [-0.15, -0.1) is 0 Å². The molecule has 2 rings (SSSR count). The zero-order valence-corrected chi connectivity index (χ0v) is 16.6. The molecule has 7 heteroatoms. The maximum atomic E-state index is 12.4. The SMILES string of the molecule is C[C@H](NC(=O)/C(C#N)=C\c1ccc(OCC(=O)O)c(I)c1)c1ccccc1. The number of carboxylic acids is 1. The number of carbonyl (C=O) groups excluding carboxylic acids is 1. The molecule has 0 aromatic heterocycles. The van der Waals surface area contributed by atoms with Crippen LogP contribution in [-0.2, 0) is 9.59 Å². The molecule has 1 atom stereocenters. The summed E-state index contributed by atoms with van der Waals surface area (Å²) in [6.07, 6.45) is 1.48. The van der Waals surface area contributed by atoms with E-state index in [-0.39, 0.29) is 11.6 Å². The van der Waals surface area contributed by atoms with Gasteiger partial charge in [0.1, 0.15) is 17.4 Å². The molecular weight excluding hydrogens is 459 g/mol. The molecule has 138 valence electrons. The Morgan fingerprint density at radius 3 is 2.59 bits per heavy atom. The summed E-state index contributed by atoms with van der Waals surface area (Å²) in [5, 5.41) is 20.8. The van der Waals surface area contributed by atoms with Crippen LogP contribution >= 0.6 is 22.6 Å². The molecular formula is C20H17IN2O4. The van der Waals surface area contributed by atoms with Crippen molar-refractivity contribution in [1.82, 2.24) is 5.32 Å². The fourth-order valence-electron chi connectivity index (χ4n) is 2.28. The summed E-state index contributed by atoms with van der Waals surface area (Å²) in [5.74, 6) is -1.10. The fraction of sp³-hybridized carbons (Fsp3) is 0.150. The van der Waals surface area contributed by atoms with E-state index in [9.17, 15) is 14.9 Å². The normalized spacial score (nSPS) is 12.0. The van der Waals surface area contributed by atoms with Crippen molar-refractivity contribution < 1.29 is 19.4 Å². The number of hydrogen-bond donors (Lipinski definition) is 2. The topological polar surface area (TPSA) is 99.4 Å². The lowest BCUT2D eigenvalue weighted by Gasteiger charge is -2.13. The molecule has 0 saturated heterocycles. The summed E-state index contributed by atoms with van der Waals surface area (Å²) in [6.45, 7) is 1.41. The molecule has 0 fully saturated rings. The van der Waals surface area contributed by atoms with Gasteiger partial charge in [0.2, 0.25) is 0 Å². The molecule has 0 saturated carbocycles. The molecule has 0 aliphatic rings. The molecule has 27 heavy (non-hydrogen) atoms. The molecule has 1 amide bonds. The number of halogens is 1. The smallest absolute Gasteiger partial charge is 0.341 e. The van der Waals surface area contributed by atoms with Crippen LogP contribution in [0.5, 0.6) is 5.75 Å².